The van der Waals surface area contributed by atoms with E-state index in [4.69, 9.17) is 22.2 Å². The molecule has 0 spiro atoms. The first-order chi connectivity index (χ1) is 10.1. The molecule has 0 fully saturated rings. The number of methoxy groups -OCH3 is 1. The summed E-state index contributed by atoms with van der Waals surface area (Å²) in [7, 11) is 1.62. The fourth-order valence-corrected chi connectivity index (χ4v) is 2.54. The average molecular weight is 313 g/mol. The maximum Gasteiger partial charge on any atom is 0.123 e. The van der Waals surface area contributed by atoms with Crippen LogP contribution in [0.2, 0.25) is 5.02 Å². The molecule has 1 aromatic carbocycles. The van der Waals surface area contributed by atoms with Gasteiger partial charge < -0.3 is 4.74 Å². The van der Waals surface area contributed by atoms with E-state index < -0.39 is 0 Å². The van der Waals surface area contributed by atoms with Crippen LogP contribution >= 0.6 is 11.6 Å². The molecular formula is C14H18ClFN4O. The van der Waals surface area contributed by atoms with Gasteiger partial charge in [-0.2, -0.15) is 5.10 Å². The average Bonchev–Trinajstić information content (AvgIpc) is 2.81. The van der Waals surface area contributed by atoms with E-state index in [-0.39, 0.29) is 11.9 Å². The molecule has 3 N–H and O–H groups in total. The Bertz CT molecular complexity index is 617. The Labute approximate surface area is 127 Å². The number of nitrogens with one attached hydrogen (secondary N) is 1. The molecule has 0 aliphatic rings. The summed E-state index contributed by atoms with van der Waals surface area (Å²) in [5.74, 6) is 5.41. The molecule has 5 nitrogen and oxygen atoms in total. The Balaban J connectivity index is 2.43. The van der Waals surface area contributed by atoms with Crippen molar-refractivity contribution in [2.45, 2.75) is 19.5 Å². The maximum atomic E-state index is 13.3. The summed E-state index contributed by atoms with van der Waals surface area (Å²) in [6, 6.07) is 4.18. The second-order valence-electron chi connectivity index (χ2n) is 4.69. The van der Waals surface area contributed by atoms with Crippen LogP contribution in [-0.4, -0.2) is 23.5 Å². The van der Waals surface area contributed by atoms with Crippen LogP contribution in [0.3, 0.4) is 0 Å². The Hall–Kier alpha value is -1.47. The van der Waals surface area contributed by atoms with E-state index in [1.54, 1.807) is 24.1 Å². The Kier molecular flexibility index (Phi) is 5.30. The van der Waals surface area contributed by atoms with E-state index in [2.05, 4.69) is 10.5 Å². The van der Waals surface area contributed by atoms with Gasteiger partial charge in [-0.15, -0.1) is 0 Å². The highest BCUT2D eigenvalue weighted by Crippen LogP contribution is 2.29. The third-order valence-electron chi connectivity index (χ3n) is 3.32. The molecule has 2 rings (SSSR count). The topological polar surface area (TPSA) is 65.1 Å². The molecule has 0 saturated carbocycles. The first-order valence-electron chi connectivity index (χ1n) is 6.50. The highest BCUT2D eigenvalue weighted by molar-refractivity contribution is 6.31. The van der Waals surface area contributed by atoms with Crippen LogP contribution in [0.1, 0.15) is 22.9 Å². The zero-order chi connectivity index (χ0) is 15.4. The number of halogens is 2. The van der Waals surface area contributed by atoms with Crippen molar-refractivity contribution in [1.82, 2.24) is 15.2 Å². The normalized spacial score (nSPS) is 12.6. The standard InChI is InChI=1S/C14H18ClFN4O/c1-9-7-10(16)3-4-11(9)13(19-17)14-12(15)8-18-20(14)5-6-21-2/h3-4,7-8,13,19H,5-6,17H2,1-2H3. The highest BCUT2D eigenvalue weighted by Gasteiger charge is 2.22. The Morgan fingerprint density at radius 2 is 2.29 bits per heavy atom. The molecule has 0 bridgehead atoms. The predicted octanol–water partition coefficient (Wildman–Crippen LogP) is 2.18. The number of nitrogens with two attached hydrogens (primary N) is 1. The minimum Gasteiger partial charge on any atom is -0.383 e. The number of hydrogen-bond acceptors (Lipinski definition) is 4. The fraction of sp³-hybridized carbons (Fsp3) is 0.357. The van der Waals surface area contributed by atoms with Gasteiger partial charge in [0.2, 0.25) is 0 Å². The maximum absolute atomic E-state index is 13.3. The van der Waals surface area contributed by atoms with Crippen LogP contribution in [0.5, 0.6) is 0 Å². The number of nitrogens with zero attached hydrogens (tertiary/aromatic N) is 2. The molecule has 0 saturated heterocycles. The molecule has 7 heteroatoms. The number of hydrogen-bond donors (Lipinski definition) is 2. The van der Waals surface area contributed by atoms with E-state index in [0.29, 0.717) is 18.2 Å². The van der Waals surface area contributed by atoms with Gasteiger partial charge in [0.15, 0.2) is 0 Å². The Morgan fingerprint density at radius 3 is 2.90 bits per heavy atom. The lowest BCUT2D eigenvalue weighted by molar-refractivity contribution is 0.182. The lowest BCUT2D eigenvalue weighted by atomic mass is 9.99. The van der Waals surface area contributed by atoms with Gasteiger partial charge in [0.1, 0.15) is 5.82 Å². The second kappa shape index (κ2) is 7.00. The van der Waals surface area contributed by atoms with Gasteiger partial charge in [0.05, 0.1) is 36.1 Å². The second-order valence-corrected chi connectivity index (χ2v) is 5.10. The van der Waals surface area contributed by atoms with E-state index >= 15 is 0 Å². The molecule has 0 radical (unpaired) electrons. The minimum atomic E-state index is -0.377. The van der Waals surface area contributed by atoms with Gasteiger partial charge in [-0.1, -0.05) is 17.7 Å². The molecule has 21 heavy (non-hydrogen) atoms. The van der Waals surface area contributed by atoms with Crippen molar-refractivity contribution in [3.63, 3.8) is 0 Å². The summed E-state index contributed by atoms with van der Waals surface area (Å²) in [6.07, 6.45) is 1.57. The number of benzene rings is 1. The van der Waals surface area contributed by atoms with Crippen molar-refractivity contribution in [3.8, 4) is 0 Å². The molecule has 0 amide bonds. The molecule has 0 aliphatic heterocycles. The van der Waals surface area contributed by atoms with Crippen molar-refractivity contribution in [2.75, 3.05) is 13.7 Å². The minimum absolute atomic E-state index is 0.286. The van der Waals surface area contributed by atoms with Crippen molar-refractivity contribution >= 4 is 11.6 Å². The number of hydrazine groups is 1. The smallest absolute Gasteiger partial charge is 0.123 e. The molecule has 1 heterocycles. The number of aryl methyl sites for hydroxylation is 1. The van der Waals surface area contributed by atoms with Gasteiger partial charge in [-0.3, -0.25) is 10.5 Å². The van der Waals surface area contributed by atoms with Gasteiger partial charge in [-0.05, 0) is 30.2 Å². The summed E-state index contributed by atoms with van der Waals surface area (Å²) in [5, 5.41) is 4.73. The van der Waals surface area contributed by atoms with Crippen LogP contribution < -0.4 is 11.3 Å². The predicted molar refractivity (Wildman–Crippen MR) is 79.4 cm³/mol. The van der Waals surface area contributed by atoms with E-state index in [1.807, 2.05) is 6.92 Å². The summed E-state index contributed by atoms with van der Waals surface area (Å²) in [6.45, 7) is 2.88. The van der Waals surface area contributed by atoms with Crippen LogP contribution in [0, 0.1) is 12.7 Å². The lowest BCUT2D eigenvalue weighted by Crippen LogP contribution is -2.32. The molecule has 1 aromatic heterocycles. The monoisotopic (exact) mass is 312 g/mol. The van der Waals surface area contributed by atoms with Crippen LogP contribution in [0.25, 0.3) is 0 Å². The summed E-state index contributed by atoms with van der Waals surface area (Å²) >= 11 is 6.24. The zero-order valence-electron chi connectivity index (χ0n) is 11.9. The van der Waals surface area contributed by atoms with Gasteiger partial charge in [0.25, 0.3) is 0 Å². The molecule has 2 aromatic rings. The molecule has 1 unspecified atom stereocenters. The fourth-order valence-electron chi connectivity index (χ4n) is 2.29. The van der Waals surface area contributed by atoms with E-state index in [9.17, 15) is 4.39 Å². The summed E-state index contributed by atoms with van der Waals surface area (Å²) < 4.78 is 20.1. The largest absolute Gasteiger partial charge is 0.383 e. The van der Waals surface area contributed by atoms with Crippen molar-refractivity contribution in [3.05, 3.63) is 52.1 Å². The Morgan fingerprint density at radius 1 is 1.52 bits per heavy atom. The van der Waals surface area contributed by atoms with Crippen LogP contribution in [0.4, 0.5) is 4.39 Å². The van der Waals surface area contributed by atoms with E-state index in [0.717, 1.165) is 16.8 Å². The molecule has 114 valence electrons. The van der Waals surface area contributed by atoms with Gasteiger partial charge in [0, 0.05) is 7.11 Å². The van der Waals surface area contributed by atoms with E-state index in [1.165, 1.54) is 12.1 Å². The number of rotatable bonds is 6. The first-order valence-corrected chi connectivity index (χ1v) is 6.88. The van der Waals surface area contributed by atoms with Crippen LogP contribution in [-0.2, 0) is 11.3 Å². The van der Waals surface area contributed by atoms with Crippen LogP contribution in [0.15, 0.2) is 24.4 Å². The summed E-state index contributed by atoms with van der Waals surface area (Å²) in [4.78, 5) is 0. The quantitative estimate of drug-likeness (QED) is 0.634. The molecule has 1 atom stereocenters. The SMILES string of the molecule is COCCn1ncc(Cl)c1C(NN)c1ccc(F)cc1C. The van der Waals surface area contributed by atoms with Crippen molar-refractivity contribution in [1.29, 1.82) is 0 Å². The zero-order valence-corrected chi connectivity index (χ0v) is 12.7. The number of aromatic nitrogens is 2. The molecular weight excluding hydrogens is 295 g/mol. The first kappa shape index (κ1) is 15.9. The summed E-state index contributed by atoms with van der Waals surface area (Å²) in [5.41, 5.74) is 5.09. The van der Waals surface area contributed by atoms with Crippen molar-refractivity contribution in [2.24, 2.45) is 5.84 Å². The molecule has 0 aliphatic carbocycles. The highest BCUT2D eigenvalue weighted by atomic mass is 35.5. The third kappa shape index (κ3) is 3.41. The van der Waals surface area contributed by atoms with Gasteiger partial charge in [-0.25, -0.2) is 9.82 Å². The lowest BCUT2D eigenvalue weighted by Gasteiger charge is -2.20. The van der Waals surface area contributed by atoms with Crippen molar-refractivity contribution < 1.29 is 9.13 Å². The number of ether oxygens (including phenoxy) is 1. The van der Waals surface area contributed by atoms with Gasteiger partial charge >= 0.3 is 0 Å². The third-order valence-corrected chi connectivity index (χ3v) is 3.61.